The highest BCUT2D eigenvalue weighted by Crippen LogP contribution is 2.29. The van der Waals surface area contributed by atoms with Gasteiger partial charge in [0.05, 0.1) is 28.9 Å². The molecule has 3 heterocycles. The van der Waals surface area contributed by atoms with Gasteiger partial charge in [0.15, 0.2) is 5.76 Å². The second-order valence-electron chi connectivity index (χ2n) is 5.34. The summed E-state index contributed by atoms with van der Waals surface area (Å²) < 4.78 is 10.2. The average molecular weight is 354 g/mol. The van der Waals surface area contributed by atoms with Crippen molar-refractivity contribution in [2.24, 2.45) is 0 Å². The molecule has 7 heteroatoms. The van der Waals surface area contributed by atoms with E-state index >= 15 is 0 Å². The number of nitrogens with one attached hydrogen (secondary N) is 1. The molecule has 0 unspecified atom stereocenters. The monoisotopic (exact) mass is 353 g/mol. The molecule has 4 aromatic rings. The summed E-state index contributed by atoms with van der Waals surface area (Å²) in [7, 11) is 0. The number of carbonyl (C=O) groups excluding carboxylic acids is 1. The van der Waals surface area contributed by atoms with Crippen molar-refractivity contribution < 1.29 is 13.7 Å². The third-order valence-electron chi connectivity index (χ3n) is 3.73. The van der Waals surface area contributed by atoms with Gasteiger partial charge in [-0.2, -0.15) is 0 Å². The Bertz CT molecular complexity index is 1030. The van der Waals surface area contributed by atoms with Crippen LogP contribution in [0.4, 0.5) is 0 Å². The van der Waals surface area contributed by atoms with Crippen LogP contribution in [0.2, 0.25) is 5.02 Å². The second-order valence-corrected chi connectivity index (χ2v) is 5.75. The Morgan fingerprint density at radius 2 is 2.08 bits per heavy atom. The van der Waals surface area contributed by atoms with E-state index in [-0.39, 0.29) is 12.5 Å². The van der Waals surface area contributed by atoms with Gasteiger partial charge in [0.25, 0.3) is 5.91 Å². The van der Waals surface area contributed by atoms with E-state index in [0.717, 1.165) is 0 Å². The van der Waals surface area contributed by atoms with Crippen LogP contribution in [0.15, 0.2) is 63.9 Å². The van der Waals surface area contributed by atoms with Crippen molar-refractivity contribution >= 4 is 28.4 Å². The van der Waals surface area contributed by atoms with Gasteiger partial charge in [-0.15, -0.1) is 0 Å². The maximum absolute atomic E-state index is 12.7. The number of hydrogen-bond acceptors (Lipinski definition) is 5. The zero-order valence-corrected chi connectivity index (χ0v) is 13.7. The van der Waals surface area contributed by atoms with E-state index in [2.05, 4.69) is 15.5 Å². The van der Waals surface area contributed by atoms with E-state index in [4.69, 9.17) is 20.5 Å². The molecule has 6 nitrogen and oxygen atoms in total. The summed E-state index contributed by atoms with van der Waals surface area (Å²) in [6.45, 7) is 0.260. The van der Waals surface area contributed by atoms with Gasteiger partial charge in [0.2, 0.25) is 0 Å². The topological polar surface area (TPSA) is 81.2 Å². The van der Waals surface area contributed by atoms with Gasteiger partial charge < -0.3 is 14.3 Å². The fourth-order valence-electron chi connectivity index (χ4n) is 2.55. The molecule has 1 aromatic carbocycles. The van der Waals surface area contributed by atoms with Crippen LogP contribution in [0.5, 0.6) is 0 Å². The number of hydrogen-bond donors (Lipinski definition) is 1. The summed E-state index contributed by atoms with van der Waals surface area (Å²) in [5.41, 5.74) is 2.18. The fraction of sp³-hybridized carbons (Fsp3) is 0.0556. The van der Waals surface area contributed by atoms with E-state index in [1.807, 2.05) is 6.07 Å². The molecule has 0 bridgehead atoms. The Morgan fingerprint density at radius 1 is 1.16 bits per heavy atom. The molecular weight excluding hydrogens is 342 g/mol. The Labute approximate surface area is 147 Å². The Balaban J connectivity index is 1.78. The van der Waals surface area contributed by atoms with E-state index in [1.54, 1.807) is 42.7 Å². The lowest BCUT2D eigenvalue weighted by Gasteiger charge is -2.10. The van der Waals surface area contributed by atoms with E-state index in [9.17, 15) is 4.79 Å². The summed E-state index contributed by atoms with van der Waals surface area (Å²) in [6, 6.07) is 12.3. The molecule has 1 N–H and O–H groups in total. The Kier molecular flexibility index (Phi) is 3.95. The number of fused-ring (bicyclic) bond motifs is 1. The van der Waals surface area contributed by atoms with Crippen molar-refractivity contribution in [3.8, 4) is 11.5 Å². The van der Waals surface area contributed by atoms with Crippen molar-refractivity contribution in [3.63, 3.8) is 0 Å². The number of benzene rings is 1. The van der Waals surface area contributed by atoms with Gasteiger partial charge in [0.1, 0.15) is 17.7 Å². The van der Waals surface area contributed by atoms with Crippen molar-refractivity contribution in [2.45, 2.75) is 6.54 Å². The minimum atomic E-state index is -0.259. The SMILES string of the molecule is O=C(NCc1ccon1)c1cc(-c2ccco2)nc2c(Cl)cccc12. The summed E-state index contributed by atoms with van der Waals surface area (Å²) >= 11 is 6.28. The van der Waals surface area contributed by atoms with Gasteiger partial charge in [-0.1, -0.05) is 28.9 Å². The van der Waals surface area contributed by atoms with Gasteiger partial charge in [-0.25, -0.2) is 4.98 Å². The summed E-state index contributed by atoms with van der Waals surface area (Å²) in [4.78, 5) is 17.3. The first kappa shape index (κ1) is 15.4. The third-order valence-corrected chi connectivity index (χ3v) is 4.03. The van der Waals surface area contributed by atoms with E-state index in [0.29, 0.717) is 38.6 Å². The highest BCUT2D eigenvalue weighted by molar-refractivity contribution is 6.35. The fourth-order valence-corrected chi connectivity index (χ4v) is 2.76. The predicted molar refractivity (Wildman–Crippen MR) is 92.1 cm³/mol. The number of nitrogens with zero attached hydrogens (tertiary/aromatic N) is 2. The number of amides is 1. The van der Waals surface area contributed by atoms with Crippen LogP contribution < -0.4 is 5.32 Å². The zero-order chi connectivity index (χ0) is 17.2. The number of furan rings is 1. The Morgan fingerprint density at radius 3 is 2.84 bits per heavy atom. The minimum absolute atomic E-state index is 0.259. The van der Waals surface area contributed by atoms with Crippen LogP contribution in [-0.2, 0) is 6.54 Å². The van der Waals surface area contributed by atoms with Crippen molar-refractivity contribution in [2.75, 3.05) is 0 Å². The molecule has 3 aromatic heterocycles. The van der Waals surface area contributed by atoms with Crippen molar-refractivity contribution in [3.05, 3.63) is 71.3 Å². The number of para-hydroxylation sites is 1. The number of carbonyl (C=O) groups is 1. The molecule has 4 rings (SSSR count). The molecule has 124 valence electrons. The van der Waals surface area contributed by atoms with Crippen LogP contribution in [0.25, 0.3) is 22.4 Å². The highest BCUT2D eigenvalue weighted by atomic mass is 35.5. The molecule has 0 fully saturated rings. The lowest BCUT2D eigenvalue weighted by Crippen LogP contribution is -2.23. The third kappa shape index (κ3) is 2.99. The molecule has 0 aliphatic carbocycles. The van der Waals surface area contributed by atoms with Crippen molar-refractivity contribution in [1.29, 1.82) is 0 Å². The number of rotatable bonds is 4. The molecule has 0 atom stereocenters. The highest BCUT2D eigenvalue weighted by Gasteiger charge is 2.16. The summed E-state index contributed by atoms with van der Waals surface area (Å²) in [5.74, 6) is 0.304. The molecule has 0 spiro atoms. The van der Waals surface area contributed by atoms with Crippen LogP contribution >= 0.6 is 11.6 Å². The summed E-state index contributed by atoms with van der Waals surface area (Å²) in [5, 5.41) is 7.74. The minimum Gasteiger partial charge on any atom is -0.463 e. The molecule has 0 saturated carbocycles. The molecule has 25 heavy (non-hydrogen) atoms. The maximum atomic E-state index is 12.7. The number of halogens is 1. The number of pyridine rings is 1. The van der Waals surface area contributed by atoms with Crippen LogP contribution in [0, 0.1) is 0 Å². The first-order valence-corrected chi connectivity index (χ1v) is 7.91. The number of aromatic nitrogens is 2. The van der Waals surface area contributed by atoms with Crippen LogP contribution in [0.3, 0.4) is 0 Å². The lowest BCUT2D eigenvalue weighted by molar-refractivity contribution is 0.0951. The van der Waals surface area contributed by atoms with Crippen LogP contribution in [0.1, 0.15) is 16.1 Å². The standard InChI is InChI=1S/C18H12ClN3O3/c19-14-4-1-3-12-13(18(23)20-10-11-6-8-25-22-11)9-15(21-17(12)14)16-5-2-7-24-16/h1-9H,10H2,(H,20,23). The average Bonchev–Trinajstić information content (AvgIpc) is 3.33. The predicted octanol–water partition coefficient (Wildman–Crippen LogP) is 4.07. The quantitative estimate of drug-likeness (QED) is 0.598. The molecule has 0 radical (unpaired) electrons. The van der Waals surface area contributed by atoms with Gasteiger partial charge in [-0.3, -0.25) is 4.79 Å². The summed E-state index contributed by atoms with van der Waals surface area (Å²) in [6.07, 6.45) is 3.01. The molecular formula is C18H12ClN3O3. The second kappa shape index (κ2) is 6.41. The van der Waals surface area contributed by atoms with Gasteiger partial charge >= 0.3 is 0 Å². The molecule has 0 aliphatic rings. The zero-order valence-electron chi connectivity index (χ0n) is 12.9. The first-order chi connectivity index (χ1) is 12.2. The lowest BCUT2D eigenvalue weighted by atomic mass is 10.1. The normalized spacial score (nSPS) is 10.9. The largest absolute Gasteiger partial charge is 0.463 e. The maximum Gasteiger partial charge on any atom is 0.252 e. The molecule has 0 aliphatic heterocycles. The molecule has 0 saturated heterocycles. The molecule has 1 amide bonds. The van der Waals surface area contributed by atoms with Crippen LogP contribution in [-0.4, -0.2) is 16.0 Å². The smallest absolute Gasteiger partial charge is 0.252 e. The van der Waals surface area contributed by atoms with Gasteiger partial charge in [0, 0.05) is 11.5 Å². The van der Waals surface area contributed by atoms with Crippen molar-refractivity contribution in [1.82, 2.24) is 15.5 Å². The van der Waals surface area contributed by atoms with E-state index in [1.165, 1.54) is 6.26 Å². The first-order valence-electron chi connectivity index (χ1n) is 7.53. The van der Waals surface area contributed by atoms with Gasteiger partial charge in [-0.05, 0) is 24.3 Å². The van der Waals surface area contributed by atoms with E-state index < -0.39 is 0 Å². The Hall–Kier alpha value is -3.12.